The summed E-state index contributed by atoms with van der Waals surface area (Å²) < 4.78 is 13.2. The van der Waals surface area contributed by atoms with Crippen LogP contribution in [0.2, 0.25) is 0 Å². The van der Waals surface area contributed by atoms with Crippen LogP contribution in [0.1, 0.15) is 32.3 Å². The first-order valence-electron chi connectivity index (χ1n) is 5.57. The summed E-state index contributed by atoms with van der Waals surface area (Å²) in [5, 5.41) is 11.9. The summed E-state index contributed by atoms with van der Waals surface area (Å²) in [5.74, 6) is 0.209. The fourth-order valence-electron chi connectivity index (χ4n) is 1.52. The Morgan fingerprint density at radius 2 is 2.19 bits per heavy atom. The first-order valence-corrected chi connectivity index (χ1v) is 5.57. The van der Waals surface area contributed by atoms with Gasteiger partial charge in [-0.15, -0.1) is 0 Å². The van der Waals surface area contributed by atoms with Crippen molar-refractivity contribution in [3.8, 4) is 6.07 Å². The van der Waals surface area contributed by atoms with E-state index in [1.807, 2.05) is 6.07 Å². The molecule has 0 saturated carbocycles. The Labute approximate surface area is 96.1 Å². The van der Waals surface area contributed by atoms with Crippen LogP contribution in [0.5, 0.6) is 0 Å². The lowest BCUT2D eigenvalue weighted by molar-refractivity contribution is 0.566. The van der Waals surface area contributed by atoms with Gasteiger partial charge in [0, 0.05) is 6.54 Å². The molecule has 0 aliphatic rings. The Morgan fingerprint density at radius 1 is 1.44 bits per heavy atom. The second-order valence-electron chi connectivity index (χ2n) is 4.24. The van der Waals surface area contributed by atoms with E-state index in [1.165, 1.54) is 6.07 Å². The van der Waals surface area contributed by atoms with Crippen molar-refractivity contribution in [1.29, 1.82) is 5.26 Å². The minimum atomic E-state index is -0.462. The van der Waals surface area contributed by atoms with Gasteiger partial charge in [0.25, 0.3) is 0 Å². The van der Waals surface area contributed by atoms with Crippen LogP contribution in [0.15, 0.2) is 18.2 Å². The van der Waals surface area contributed by atoms with Crippen LogP contribution in [0, 0.1) is 23.1 Å². The van der Waals surface area contributed by atoms with Gasteiger partial charge < -0.3 is 5.32 Å². The van der Waals surface area contributed by atoms with Crippen LogP contribution < -0.4 is 5.32 Å². The van der Waals surface area contributed by atoms with Crippen molar-refractivity contribution in [1.82, 2.24) is 0 Å². The van der Waals surface area contributed by atoms with Crippen molar-refractivity contribution in [2.45, 2.75) is 26.7 Å². The normalized spacial score (nSPS) is 10.2. The Hall–Kier alpha value is -1.56. The maximum atomic E-state index is 13.2. The number of halogens is 1. The Kier molecular flexibility index (Phi) is 4.78. The molecule has 1 rings (SSSR count). The molecule has 1 aromatic rings. The van der Waals surface area contributed by atoms with Crippen molar-refractivity contribution in [2.24, 2.45) is 5.92 Å². The number of hydrogen-bond donors (Lipinski definition) is 1. The van der Waals surface area contributed by atoms with Gasteiger partial charge in [0.05, 0.1) is 5.69 Å². The average Bonchev–Trinajstić information content (AvgIpc) is 2.24. The first-order chi connectivity index (χ1) is 7.65. The number of hydrogen-bond acceptors (Lipinski definition) is 2. The Bertz CT molecular complexity index is 380. The Balaban J connectivity index is 2.54. The quantitative estimate of drug-likeness (QED) is 0.770. The third-order valence-corrected chi connectivity index (χ3v) is 2.40. The van der Waals surface area contributed by atoms with Crippen LogP contribution in [-0.4, -0.2) is 6.54 Å². The number of nitriles is 1. The smallest absolute Gasteiger partial charge is 0.143 e. The molecule has 0 aromatic heterocycles. The number of nitrogens with zero attached hydrogens (tertiary/aromatic N) is 1. The van der Waals surface area contributed by atoms with Gasteiger partial charge in [-0.1, -0.05) is 19.9 Å². The summed E-state index contributed by atoms with van der Waals surface area (Å²) in [5.41, 5.74) is 0.693. The van der Waals surface area contributed by atoms with E-state index >= 15 is 0 Å². The second kappa shape index (κ2) is 6.12. The molecule has 1 aromatic carbocycles. The molecule has 0 amide bonds. The summed E-state index contributed by atoms with van der Waals surface area (Å²) in [7, 11) is 0. The fraction of sp³-hybridized carbons (Fsp3) is 0.462. The molecule has 0 spiro atoms. The van der Waals surface area contributed by atoms with E-state index in [0.717, 1.165) is 19.4 Å². The Morgan fingerprint density at radius 3 is 2.81 bits per heavy atom. The van der Waals surface area contributed by atoms with Gasteiger partial charge in [0.2, 0.25) is 0 Å². The molecule has 0 atom stereocenters. The lowest BCUT2D eigenvalue weighted by atomic mass is 10.1. The van der Waals surface area contributed by atoms with Gasteiger partial charge in [0.15, 0.2) is 0 Å². The highest BCUT2D eigenvalue weighted by Crippen LogP contribution is 2.17. The van der Waals surface area contributed by atoms with Crippen molar-refractivity contribution < 1.29 is 4.39 Å². The third kappa shape index (κ3) is 3.54. The summed E-state index contributed by atoms with van der Waals surface area (Å²) >= 11 is 0. The molecule has 0 bridgehead atoms. The van der Waals surface area contributed by atoms with Crippen molar-refractivity contribution in [2.75, 3.05) is 11.9 Å². The van der Waals surface area contributed by atoms with Gasteiger partial charge in [-0.3, -0.25) is 0 Å². The zero-order chi connectivity index (χ0) is 12.0. The van der Waals surface area contributed by atoms with Gasteiger partial charge in [-0.05, 0) is 30.9 Å². The van der Waals surface area contributed by atoms with E-state index in [4.69, 9.17) is 5.26 Å². The predicted octanol–water partition coefficient (Wildman–Crippen LogP) is 3.55. The van der Waals surface area contributed by atoms with Gasteiger partial charge in [-0.25, -0.2) is 4.39 Å². The molecule has 0 radical (unpaired) electrons. The summed E-state index contributed by atoms with van der Waals surface area (Å²) in [6.07, 6.45) is 2.16. The van der Waals surface area contributed by atoms with E-state index in [0.29, 0.717) is 11.6 Å². The highest BCUT2D eigenvalue weighted by Gasteiger charge is 2.06. The maximum Gasteiger partial charge on any atom is 0.143 e. The number of anilines is 1. The van der Waals surface area contributed by atoms with Crippen LogP contribution in [0.25, 0.3) is 0 Å². The number of benzene rings is 1. The monoisotopic (exact) mass is 220 g/mol. The lowest BCUT2D eigenvalue weighted by Gasteiger charge is -2.09. The standard InChI is InChI=1S/C13H17FN2/c1-10(2)5-4-8-16-13-7-3-6-12(14)11(13)9-15/h3,6-7,10,16H,4-5,8H2,1-2H3. The highest BCUT2D eigenvalue weighted by atomic mass is 19.1. The fourth-order valence-corrected chi connectivity index (χ4v) is 1.52. The summed E-state index contributed by atoms with van der Waals surface area (Å²) in [4.78, 5) is 0. The number of nitrogens with one attached hydrogen (secondary N) is 1. The zero-order valence-corrected chi connectivity index (χ0v) is 9.76. The van der Waals surface area contributed by atoms with E-state index in [-0.39, 0.29) is 5.56 Å². The molecule has 86 valence electrons. The maximum absolute atomic E-state index is 13.2. The lowest BCUT2D eigenvalue weighted by Crippen LogP contribution is -2.05. The molecular formula is C13H17FN2. The first kappa shape index (κ1) is 12.5. The molecule has 0 aliphatic carbocycles. The van der Waals surface area contributed by atoms with Gasteiger partial charge in [0.1, 0.15) is 17.4 Å². The van der Waals surface area contributed by atoms with E-state index < -0.39 is 5.82 Å². The molecule has 0 aliphatic heterocycles. The van der Waals surface area contributed by atoms with Crippen molar-refractivity contribution in [3.05, 3.63) is 29.6 Å². The average molecular weight is 220 g/mol. The number of rotatable bonds is 5. The molecule has 3 heteroatoms. The van der Waals surface area contributed by atoms with E-state index in [9.17, 15) is 4.39 Å². The molecule has 16 heavy (non-hydrogen) atoms. The minimum absolute atomic E-state index is 0.104. The van der Waals surface area contributed by atoms with Gasteiger partial charge in [-0.2, -0.15) is 5.26 Å². The van der Waals surface area contributed by atoms with Crippen molar-refractivity contribution >= 4 is 5.69 Å². The summed E-state index contributed by atoms with van der Waals surface area (Å²) in [6.45, 7) is 5.11. The minimum Gasteiger partial charge on any atom is -0.384 e. The SMILES string of the molecule is CC(C)CCCNc1cccc(F)c1C#N. The molecular weight excluding hydrogens is 203 g/mol. The zero-order valence-electron chi connectivity index (χ0n) is 9.76. The highest BCUT2D eigenvalue weighted by molar-refractivity contribution is 5.57. The third-order valence-electron chi connectivity index (χ3n) is 2.40. The predicted molar refractivity (Wildman–Crippen MR) is 63.7 cm³/mol. The van der Waals surface area contributed by atoms with Crippen LogP contribution in [0.4, 0.5) is 10.1 Å². The topological polar surface area (TPSA) is 35.8 Å². The van der Waals surface area contributed by atoms with Crippen LogP contribution in [-0.2, 0) is 0 Å². The van der Waals surface area contributed by atoms with Crippen LogP contribution in [0.3, 0.4) is 0 Å². The molecule has 2 nitrogen and oxygen atoms in total. The molecule has 1 N–H and O–H groups in total. The largest absolute Gasteiger partial charge is 0.384 e. The molecule has 0 unspecified atom stereocenters. The van der Waals surface area contributed by atoms with E-state index in [2.05, 4.69) is 19.2 Å². The molecule has 0 fully saturated rings. The molecule has 0 saturated heterocycles. The van der Waals surface area contributed by atoms with Crippen LogP contribution >= 0.6 is 0 Å². The van der Waals surface area contributed by atoms with E-state index in [1.54, 1.807) is 12.1 Å². The summed E-state index contributed by atoms with van der Waals surface area (Å²) in [6, 6.07) is 6.52. The second-order valence-corrected chi connectivity index (χ2v) is 4.24. The van der Waals surface area contributed by atoms with Crippen molar-refractivity contribution in [3.63, 3.8) is 0 Å². The van der Waals surface area contributed by atoms with Gasteiger partial charge >= 0.3 is 0 Å². The molecule has 0 heterocycles.